The van der Waals surface area contributed by atoms with E-state index in [2.05, 4.69) is 28.0 Å². The summed E-state index contributed by atoms with van der Waals surface area (Å²) in [6, 6.07) is 9.39. The van der Waals surface area contributed by atoms with Crippen LogP contribution in [0.1, 0.15) is 67.4 Å². The second-order valence-corrected chi connectivity index (χ2v) is 10.3. The molecule has 4 saturated carbocycles. The van der Waals surface area contributed by atoms with Crippen molar-refractivity contribution in [1.29, 1.82) is 0 Å². The third-order valence-electron chi connectivity index (χ3n) is 7.91. The molecule has 0 aliphatic heterocycles. The van der Waals surface area contributed by atoms with Crippen molar-refractivity contribution >= 4 is 22.7 Å². The molecular weight excluding hydrogens is 402 g/mol. The van der Waals surface area contributed by atoms with Crippen LogP contribution in [0.3, 0.4) is 0 Å². The van der Waals surface area contributed by atoms with Crippen molar-refractivity contribution < 1.29 is 9.59 Å². The fraction of sp³-hybridized carbons (Fsp3) is 0.560. The van der Waals surface area contributed by atoms with Gasteiger partial charge >= 0.3 is 0 Å². The summed E-state index contributed by atoms with van der Waals surface area (Å²) in [5.41, 5.74) is 18.9. The zero-order chi connectivity index (χ0) is 22.3. The van der Waals surface area contributed by atoms with E-state index in [-0.39, 0.29) is 5.41 Å². The molecule has 1 aromatic carbocycles. The van der Waals surface area contributed by atoms with E-state index in [9.17, 15) is 9.59 Å². The van der Waals surface area contributed by atoms with Gasteiger partial charge in [-0.3, -0.25) is 20.4 Å². The highest BCUT2D eigenvalue weighted by Crippen LogP contribution is 2.61. The molecule has 1 aromatic heterocycles. The summed E-state index contributed by atoms with van der Waals surface area (Å²) in [5, 5.41) is 1.15. The third kappa shape index (κ3) is 3.88. The highest BCUT2D eigenvalue weighted by atomic mass is 16.2. The lowest BCUT2D eigenvalue weighted by Gasteiger charge is -2.57. The summed E-state index contributed by atoms with van der Waals surface area (Å²) in [4.78, 5) is 29.8. The Balaban J connectivity index is 1.42. The van der Waals surface area contributed by atoms with Gasteiger partial charge in [0.2, 0.25) is 0 Å². The summed E-state index contributed by atoms with van der Waals surface area (Å²) >= 11 is 0. The van der Waals surface area contributed by atoms with Gasteiger partial charge < -0.3 is 11.5 Å². The molecule has 1 heterocycles. The lowest BCUT2D eigenvalue weighted by molar-refractivity contribution is -0.123. The van der Waals surface area contributed by atoms with Gasteiger partial charge in [-0.1, -0.05) is 18.2 Å². The molecule has 1 atom stereocenters. The van der Waals surface area contributed by atoms with Gasteiger partial charge in [-0.05, 0) is 98.8 Å². The van der Waals surface area contributed by atoms with Gasteiger partial charge in [0.15, 0.2) is 0 Å². The summed E-state index contributed by atoms with van der Waals surface area (Å²) in [6.07, 6.45) is 8.86. The van der Waals surface area contributed by atoms with E-state index in [0.29, 0.717) is 25.1 Å². The Labute approximate surface area is 188 Å². The van der Waals surface area contributed by atoms with Crippen molar-refractivity contribution in [1.82, 2.24) is 15.8 Å². The van der Waals surface area contributed by atoms with Gasteiger partial charge in [-0.2, -0.15) is 0 Å². The summed E-state index contributed by atoms with van der Waals surface area (Å²) in [5.74, 6) is 1.58. The van der Waals surface area contributed by atoms with E-state index >= 15 is 0 Å². The predicted molar refractivity (Wildman–Crippen MR) is 123 cm³/mol. The second kappa shape index (κ2) is 8.45. The molecule has 2 amide bonds. The molecule has 0 unspecified atom stereocenters. The van der Waals surface area contributed by atoms with E-state index in [1.807, 2.05) is 18.2 Å². The second-order valence-electron chi connectivity index (χ2n) is 10.3. The Morgan fingerprint density at radius 1 is 1.06 bits per heavy atom. The van der Waals surface area contributed by atoms with E-state index in [0.717, 1.165) is 28.7 Å². The smallest absolute Gasteiger partial charge is 0.288 e. The van der Waals surface area contributed by atoms with Crippen molar-refractivity contribution in [3.8, 4) is 0 Å². The number of carbonyl (C=O) groups is 2. The topological polar surface area (TPSA) is 123 Å². The predicted octanol–water partition coefficient (Wildman–Crippen LogP) is 2.53. The number of hydrogen-bond acceptors (Lipinski definition) is 5. The molecule has 7 heteroatoms. The van der Waals surface area contributed by atoms with Gasteiger partial charge in [0.05, 0.1) is 11.6 Å². The first-order valence-electron chi connectivity index (χ1n) is 11.9. The number of hydrazine groups is 1. The largest absolute Gasteiger partial charge is 0.330 e. The van der Waals surface area contributed by atoms with Crippen molar-refractivity contribution in [3.63, 3.8) is 0 Å². The molecule has 4 bridgehead atoms. The van der Waals surface area contributed by atoms with Crippen LogP contribution in [0.5, 0.6) is 0 Å². The average molecular weight is 436 g/mol. The van der Waals surface area contributed by atoms with Crippen LogP contribution in [0.4, 0.5) is 0 Å². The highest BCUT2D eigenvalue weighted by molar-refractivity contribution is 5.97. The summed E-state index contributed by atoms with van der Waals surface area (Å²) in [6.45, 7) is 0.474. The van der Waals surface area contributed by atoms with E-state index < -0.39 is 17.9 Å². The van der Waals surface area contributed by atoms with Crippen LogP contribution in [0, 0.1) is 17.8 Å². The number of carbonyl (C=O) groups excluding carboxylic acids is 2. The minimum Gasteiger partial charge on any atom is -0.330 e. The minimum atomic E-state index is -0.703. The number of nitrogens with zero attached hydrogens (tertiary/aromatic N) is 1. The zero-order valence-electron chi connectivity index (χ0n) is 18.5. The fourth-order valence-electron chi connectivity index (χ4n) is 6.91. The van der Waals surface area contributed by atoms with Gasteiger partial charge in [0, 0.05) is 5.39 Å². The molecule has 170 valence electrons. The quantitative estimate of drug-likeness (QED) is 0.519. The summed E-state index contributed by atoms with van der Waals surface area (Å²) < 4.78 is 0. The number of aromatic nitrogens is 1. The number of fused-ring (bicyclic) bond motifs is 1. The van der Waals surface area contributed by atoms with Crippen LogP contribution in [-0.2, 0) is 10.2 Å². The third-order valence-corrected chi connectivity index (χ3v) is 7.91. The van der Waals surface area contributed by atoms with Crippen LogP contribution in [0.2, 0.25) is 0 Å². The molecule has 7 nitrogen and oxygen atoms in total. The van der Waals surface area contributed by atoms with Crippen molar-refractivity contribution in [2.75, 3.05) is 6.54 Å². The minimum absolute atomic E-state index is 0.139. The van der Waals surface area contributed by atoms with E-state index in [4.69, 9.17) is 11.5 Å². The molecule has 4 aliphatic rings. The normalized spacial score (nSPS) is 29.1. The summed E-state index contributed by atoms with van der Waals surface area (Å²) in [7, 11) is 0. The number of nitrogens with two attached hydrogens (primary N) is 2. The lowest BCUT2D eigenvalue weighted by atomic mass is 9.48. The van der Waals surface area contributed by atoms with Crippen LogP contribution in [-0.4, -0.2) is 29.4 Å². The molecule has 0 radical (unpaired) electrons. The first-order valence-corrected chi connectivity index (χ1v) is 11.9. The Morgan fingerprint density at radius 3 is 2.38 bits per heavy atom. The number of hydrogen-bond donors (Lipinski definition) is 4. The van der Waals surface area contributed by atoms with Crippen LogP contribution in [0.15, 0.2) is 30.3 Å². The van der Waals surface area contributed by atoms with Crippen molar-refractivity contribution in [3.05, 3.63) is 41.6 Å². The Bertz CT molecular complexity index is 1000. The van der Waals surface area contributed by atoms with Crippen molar-refractivity contribution in [2.24, 2.45) is 29.2 Å². The maximum atomic E-state index is 13.0. The molecule has 0 saturated heterocycles. The van der Waals surface area contributed by atoms with Gasteiger partial charge in [-0.15, -0.1) is 0 Å². The molecule has 6 rings (SSSR count). The SMILES string of the molecule is NCCC[C@H](N)C(=O)NNC(=O)c1cc(C23CC4CC(CC(C4)C2)C3)c2ccccc2n1. The zero-order valence-corrected chi connectivity index (χ0v) is 18.5. The maximum absolute atomic E-state index is 13.0. The van der Waals surface area contributed by atoms with Crippen LogP contribution in [0.25, 0.3) is 10.9 Å². The molecule has 0 spiro atoms. The van der Waals surface area contributed by atoms with E-state index in [1.54, 1.807) is 0 Å². The van der Waals surface area contributed by atoms with Gasteiger partial charge in [-0.25, -0.2) is 4.98 Å². The maximum Gasteiger partial charge on any atom is 0.288 e. The molecule has 4 aliphatic carbocycles. The van der Waals surface area contributed by atoms with Crippen LogP contribution < -0.4 is 22.3 Å². The number of amides is 2. The molecule has 4 fully saturated rings. The highest BCUT2D eigenvalue weighted by Gasteiger charge is 2.52. The first kappa shape index (κ1) is 21.3. The molecular formula is C25H33N5O2. The van der Waals surface area contributed by atoms with Crippen LogP contribution >= 0.6 is 0 Å². The molecule has 6 N–H and O–H groups in total. The number of benzene rings is 1. The number of para-hydroxylation sites is 1. The average Bonchev–Trinajstić information content (AvgIpc) is 2.79. The van der Waals surface area contributed by atoms with Crippen molar-refractivity contribution in [2.45, 2.75) is 62.8 Å². The monoisotopic (exact) mass is 435 g/mol. The molecule has 32 heavy (non-hydrogen) atoms. The van der Waals surface area contributed by atoms with Gasteiger partial charge in [0.1, 0.15) is 5.69 Å². The fourth-order valence-corrected chi connectivity index (χ4v) is 6.91. The lowest BCUT2D eigenvalue weighted by Crippen LogP contribution is -2.50. The van der Waals surface area contributed by atoms with E-state index in [1.165, 1.54) is 44.1 Å². The Morgan fingerprint density at radius 2 is 1.72 bits per heavy atom. The van der Waals surface area contributed by atoms with Gasteiger partial charge in [0.25, 0.3) is 11.8 Å². The Kier molecular flexibility index (Phi) is 5.63. The number of rotatable bonds is 6. The number of pyridine rings is 1. The Hall–Kier alpha value is -2.51. The standard InChI is InChI=1S/C25H33N5O2/c26-7-3-5-20(27)23(31)29-30-24(32)22-11-19(18-4-1-2-6-21(18)28-22)25-12-15-8-16(13-25)10-17(9-15)14-25/h1-2,4,6,11,15-17,20H,3,5,7-10,12-14,26-27H2,(H,29,31)(H,30,32)/t15?,16?,17?,20-,25?/m0/s1. The number of nitrogens with one attached hydrogen (secondary N) is 2. The first-order chi connectivity index (χ1) is 15.5. The molecule has 2 aromatic rings.